The zero-order chi connectivity index (χ0) is 10.8. The van der Waals surface area contributed by atoms with Gasteiger partial charge < -0.3 is 11.5 Å². The first-order valence-electron chi connectivity index (χ1n) is 4.30. The minimum absolute atomic E-state index is 0.306. The first-order valence-corrected chi connectivity index (χ1v) is 4.68. The van der Waals surface area contributed by atoms with Crippen LogP contribution in [0.5, 0.6) is 0 Å². The summed E-state index contributed by atoms with van der Waals surface area (Å²) < 4.78 is 0. The summed E-state index contributed by atoms with van der Waals surface area (Å²) in [5.41, 5.74) is 13.4. The lowest BCUT2D eigenvalue weighted by Gasteiger charge is -2.08. The Balaban J connectivity index is 2.65. The molecule has 5 heteroatoms. The predicted molar refractivity (Wildman–Crippen MR) is 61.3 cm³/mol. The van der Waals surface area contributed by atoms with Crippen LogP contribution in [-0.2, 0) is 0 Å². The highest BCUT2D eigenvalue weighted by Crippen LogP contribution is 2.32. The third kappa shape index (κ3) is 1.71. The molecule has 15 heavy (non-hydrogen) atoms. The number of aromatic nitrogens is 2. The zero-order valence-corrected chi connectivity index (χ0v) is 8.57. The zero-order valence-electron chi connectivity index (χ0n) is 7.81. The van der Waals surface area contributed by atoms with Crippen LogP contribution in [0.2, 0.25) is 5.02 Å². The topological polar surface area (TPSA) is 77.8 Å². The molecule has 0 atom stereocenters. The quantitative estimate of drug-likeness (QED) is 0.770. The van der Waals surface area contributed by atoms with Crippen molar-refractivity contribution >= 4 is 23.1 Å². The average Bonchev–Trinajstić information content (AvgIpc) is 2.23. The predicted octanol–water partition coefficient (Wildman–Crippen LogP) is 1.96. The van der Waals surface area contributed by atoms with Gasteiger partial charge in [0, 0.05) is 29.7 Å². The van der Waals surface area contributed by atoms with Crippen LogP contribution < -0.4 is 11.5 Å². The Morgan fingerprint density at radius 2 is 1.80 bits per heavy atom. The van der Waals surface area contributed by atoms with E-state index in [0.717, 1.165) is 11.1 Å². The van der Waals surface area contributed by atoms with Gasteiger partial charge in [0.1, 0.15) is 5.82 Å². The van der Waals surface area contributed by atoms with Crippen molar-refractivity contribution in [2.75, 3.05) is 11.5 Å². The van der Waals surface area contributed by atoms with E-state index < -0.39 is 0 Å². The van der Waals surface area contributed by atoms with Gasteiger partial charge in [0.25, 0.3) is 0 Å². The average molecular weight is 221 g/mol. The molecule has 76 valence electrons. The van der Waals surface area contributed by atoms with Crippen molar-refractivity contribution in [1.29, 1.82) is 0 Å². The van der Waals surface area contributed by atoms with Crippen molar-refractivity contribution in [3.8, 4) is 11.1 Å². The van der Waals surface area contributed by atoms with Crippen LogP contribution in [-0.4, -0.2) is 9.97 Å². The Labute approximate surface area is 91.9 Å². The van der Waals surface area contributed by atoms with E-state index in [1.165, 1.54) is 0 Å². The Morgan fingerprint density at radius 3 is 2.53 bits per heavy atom. The number of rotatable bonds is 1. The van der Waals surface area contributed by atoms with E-state index in [0.29, 0.717) is 16.5 Å². The van der Waals surface area contributed by atoms with E-state index in [1.807, 2.05) is 0 Å². The smallest absolute Gasteiger partial charge is 0.147 e. The van der Waals surface area contributed by atoms with Gasteiger partial charge in [0.05, 0.1) is 10.7 Å². The molecular weight excluding hydrogens is 212 g/mol. The third-order valence-corrected chi connectivity index (χ3v) is 2.38. The molecule has 0 saturated heterocycles. The number of nitrogens with two attached hydrogens (primary N) is 2. The Bertz CT molecular complexity index is 499. The van der Waals surface area contributed by atoms with Gasteiger partial charge in [-0.2, -0.15) is 0 Å². The van der Waals surface area contributed by atoms with Gasteiger partial charge in [-0.25, -0.2) is 4.98 Å². The second-order valence-electron chi connectivity index (χ2n) is 3.01. The van der Waals surface area contributed by atoms with E-state index in [9.17, 15) is 0 Å². The molecule has 4 N–H and O–H groups in total. The molecule has 0 radical (unpaired) electrons. The molecular formula is C10H9ClN4. The lowest BCUT2D eigenvalue weighted by Crippen LogP contribution is -1.99. The Morgan fingerprint density at radius 1 is 1.07 bits per heavy atom. The second kappa shape index (κ2) is 3.74. The highest BCUT2D eigenvalue weighted by Gasteiger charge is 2.08. The molecule has 2 rings (SSSR count). The highest BCUT2D eigenvalue weighted by molar-refractivity contribution is 6.33. The van der Waals surface area contributed by atoms with Gasteiger partial charge >= 0.3 is 0 Å². The maximum absolute atomic E-state index is 6.00. The van der Waals surface area contributed by atoms with E-state index in [1.54, 1.807) is 30.7 Å². The maximum atomic E-state index is 6.00. The highest BCUT2D eigenvalue weighted by atomic mass is 35.5. The number of hydrogen-bond donors (Lipinski definition) is 2. The van der Waals surface area contributed by atoms with Gasteiger partial charge in [-0.15, -0.1) is 0 Å². The van der Waals surface area contributed by atoms with Crippen LogP contribution in [0.3, 0.4) is 0 Å². The van der Waals surface area contributed by atoms with Crippen molar-refractivity contribution in [3.05, 3.63) is 35.7 Å². The fourth-order valence-corrected chi connectivity index (χ4v) is 1.54. The fourth-order valence-electron chi connectivity index (χ4n) is 1.32. The molecule has 0 bridgehead atoms. The molecule has 0 spiro atoms. The van der Waals surface area contributed by atoms with Crippen molar-refractivity contribution in [2.45, 2.75) is 0 Å². The summed E-state index contributed by atoms with van der Waals surface area (Å²) in [5, 5.41) is 0.537. The van der Waals surface area contributed by atoms with E-state index in [-0.39, 0.29) is 0 Å². The summed E-state index contributed by atoms with van der Waals surface area (Å²) in [4.78, 5) is 7.79. The van der Waals surface area contributed by atoms with Crippen molar-refractivity contribution in [3.63, 3.8) is 0 Å². The summed E-state index contributed by atoms with van der Waals surface area (Å²) >= 11 is 6.00. The fraction of sp³-hybridized carbons (Fsp3) is 0. The molecule has 2 aromatic heterocycles. The van der Waals surface area contributed by atoms with Gasteiger partial charge in [0.15, 0.2) is 0 Å². The first kappa shape index (κ1) is 9.73. The molecule has 0 unspecified atom stereocenters. The van der Waals surface area contributed by atoms with E-state index >= 15 is 0 Å². The lowest BCUT2D eigenvalue weighted by atomic mass is 10.1. The minimum atomic E-state index is 0.306. The minimum Gasteiger partial charge on any atom is -0.395 e. The van der Waals surface area contributed by atoms with Crippen LogP contribution in [0.25, 0.3) is 11.1 Å². The molecule has 4 nitrogen and oxygen atoms in total. The number of halogens is 1. The number of pyridine rings is 2. The van der Waals surface area contributed by atoms with Crippen LogP contribution >= 0.6 is 11.6 Å². The molecule has 0 aliphatic carbocycles. The standard InChI is InChI=1S/C10H9ClN4/c11-8-5-14-3-1-6(8)7-2-4-15-10(13)9(7)12/h1-5H,12H2,(H2,13,15). The van der Waals surface area contributed by atoms with Crippen molar-refractivity contribution in [1.82, 2.24) is 9.97 Å². The molecule has 0 aromatic carbocycles. The normalized spacial score (nSPS) is 10.2. The Hall–Kier alpha value is -1.81. The largest absolute Gasteiger partial charge is 0.395 e. The molecule has 0 fully saturated rings. The summed E-state index contributed by atoms with van der Waals surface area (Å²) in [6.07, 6.45) is 4.81. The van der Waals surface area contributed by atoms with Gasteiger partial charge in [-0.1, -0.05) is 11.6 Å². The van der Waals surface area contributed by atoms with Crippen LogP contribution in [0.4, 0.5) is 11.5 Å². The van der Waals surface area contributed by atoms with E-state index in [4.69, 9.17) is 23.1 Å². The number of hydrogen-bond acceptors (Lipinski definition) is 4. The molecule has 0 aliphatic heterocycles. The molecule has 0 saturated carbocycles. The van der Waals surface area contributed by atoms with Crippen LogP contribution in [0, 0.1) is 0 Å². The summed E-state index contributed by atoms with van der Waals surface area (Å²) in [5.74, 6) is 0.306. The second-order valence-corrected chi connectivity index (χ2v) is 3.42. The summed E-state index contributed by atoms with van der Waals surface area (Å²) in [7, 11) is 0. The molecule has 2 aromatic rings. The molecule has 2 heterocycles. The van der Waals surface area contributed by atoms with Gasteiger partial charge in [-0.3, -0.25) is 4.98 Å². The molecule has 0 amide bonds. The Kier molecular flexibility index (Phi) is 2.43. The van der Waals surface area contributed by atoms with Crippen molar-refractivity contribution < 1.29 is 0 Å². The van der Waals surface area contributed by atoms with E-state index in [2.05, 4.69) is 9.97 Å². The lowest BCUT2D eigenvalue weighted by molar-refractivity contribution is 1.31. The number of nitrogens with zero attached hydrogens (tertiary/aromatic N) is 2. The summed E-state index contributed by atoms with van der Waals surface area (Å²) in [6, 6.07) is 3.56. The van der Waals surface area contributed by atoms with Gasteiger partial charge in [0.2, 0.25) is 0 Å². The monoisotopic (exact) mass is 220 g/mol. The van der Waals surface area contributed by atoms with Crippen LogP contribution in [0.15, 0.2) is 30.7 Å². The first-order chi connectivity index (χ1) is 7.20. The third-order valence-electron chi connectivity index (χ3n) is 2.08. The van der Waals surface area contributed by atoms with Crippen LogP contribution in [0.1, 0.15) is 0 Å². The van der Waals surface area contributed by atoms with Gasteiger partial charge in [-0.05, 0) is 12.1 Å². The van der Waals surface area contributed by atoms with Crippen molar-refractivity contribution in [2.24, 2.45) is 0 Å². The number of nitrogen functional groups attached to an aromatic ring is 2. The summed E-state index contributed by atoms with van der Waals surface area (Å²) in [6.45, 7) is 0. The molecule has 0 aliphatic rings. The maximum Gasteiger partial charge on any atom is 0.147 e. The number of anilines is 2. The SMILES string of the molecule is Nc1nccc(-c2ccncc2Cl)c1N.